The van der Waals surface area contributed by atoms with Gasteiger partial charge in [-0.25, -0.2) is 0 Å². The maximum atomic E-state index is 11.7. The Balaban J connectivity index is 2.08. The lowest BCUT2D eigenvalue weighted by atomic mass is 10.0. The number of hydrogen-bond donors (Lipinski definition) is 1. The summed E-state index contributed by atoms with van der Waals surface area (Å²) in [4.78, 5) is 23.1. The van der Waals surface area contributed by atoms with E-state index in [1.165, 1.54) is 0 Å². The van der Waals surface area contributed by atoms with E-state index >= 15 is 0 Å². The monoisotopic (exact) mass is 261 g/mol. The Morgan fingerprint density at radius 2 is 1.74 bits per heavy atom. The van der Waals surface area contributed by atoms with Crippen molar-refractivity contribution >= 4 is 11.7 Å². The summed E-state index contributed by atoms with van der Waals surface area (Å²) in [5, 5.41) is 2.89. The first-order valence-corrected chi connectivity index (χ1v) is 6.97. The van der Waals surface area contributed by atoms with E-state index < -0.39 is 0 Å². The lowest BCUT2D eigenvalue weighted by Gasteiger charge is -2.06. The fourth-order valence-corrected chi connectivity index (χ4v) is 1.78. The number of carbonyl (C=O) groups is 2. The Hall–Kier alpha value is -1.64. The third kappa shape index (κ3) is 6.18. The first-order chi connectivity index (χ1) is 9.11. The predicted molar refractivity (Wildman–Crippen MR) is 77.1 cm³/mol. The van der Waals surface area contributed by atoms with Crippen molar-refractivity contribution in [3.05, 3.63) is 35.9 Å². The summed E-state index contributed by atoms with van der Waals surface area (Å²) in [6, 6.07) is 9.20. The minimum atomic E-state index is -0.0288. The molecule has 0 aliphatic carbocycles. The van der Waals surface area contributed by atoms with E-state index in [1.54, 1.807) is 12.1 Å². The Bertz CT molecular complexity index is 398. The van der Waals surface area contributed by atoms with Gasteiger partial charge in [-0.05, 0) is 25.0 Å². The summed E-state index contributed by atoms with van der Waals surface area (Å²) in [7, 11) is 0. The molecule has 0 aliphatic heterocycles. The Labute approximate surface area is 115 Å². The zero-order chi connectivity index (χ0) is 14.1. The highest BCUT2D eigenvalue weighted by Crippen LogP contribution is 2.06. The highest BCUT2D eigenvalue weighted by atomic mass is 16.1. The van der Waals surface area contributed by atoms with E-state index in [0.29, 0.717) is 24.3 Å². The quantitative estimate of drug-likeness (QED) is 0.730. The summed E-state index contributed by atoms with van der Waals surface area (Å²) < 4.78 is 0. The first-order valence-electron chi connectivity index (χ1n) is 6.97. The Morgan fingerprint density at radius 1 is 1.05 bits per heavy atom. The van der Waals surface area contributed by atoms with Crippen molar-refractivity contribution in [1.29, 1.82) is 0 Å². The van der Waals surface area contributed by atoms with Gasteiger partial charge in [-0.3, -0.25) is 9.59 Å². The molecule has 0 unspecified atom stereocenters. The Morgan fingerprint density at radius 3 is 2.37 bits per heavy atom. The number of rotatable bonds is 8. The number of carbonyl (C=O) groups excluding carboxylic acids is 2. The van der Waals surface area contributed by atoms with E-state index in [1.807, 2.05) is 32.0 Å². The molecule has 0 radical (unpaired) electrons. The minimum Gasteiger partial charge on any atom is -0.352 e. The number of benzene rings is 1. The molecule has 1 aromatic rings. The molecular formula is C16H23NO2. The number of unbranched alkanes of at least 4 members (excludes halogenated alkanes) is 2. The molecule has 0 aromatic heterocycles. The molecule has 1 rings (SSSR count). The molecule has 0 aliphatic rings. The maximum Gasteiger partial charge on any atom is 0.251 e. The van der Waals surface area contributed by atoms with Gasteiger partial charge in [-0.15, -0.1) is 0 Å². The van der Waals surface area contributed by atoms with Gasteiger partial charge in [0.25, 0.3) is 5.91 Å². The normalized spacial score (nSPS) is 10.5. The van der Waals surface area contributed by atoms with Crippen molar-refractivity contribution in [2.24, 2.45) is 5.92 Å². The van der Waals surface area contributed by atoms with Gasteiger partial charge in [0.15, 0.2) is 0 Å². The van der Waals surface area contributed by atoms with Crippen LogP contribution in [0.4, 0.5) is 0 Å². The van der Waals surface area contributed by atoms with Crippen LogP contribution in [0.1, 0.15) is 49.9 Å². The van der Waals surface area contributed by atoms with Gasteiger partial charge in [-0.2, -0.15) is 0 Å². The molecule has 104 valence electrons. The summed E-state index contributed by atoms with van der Waals surface area (Å²) >= 11 is 0. The number of amides is 1. The van der Waals surface area contributed by atoms with Crippen molar-refractivity contribution < 1.29 is 9.59 Å². The van der Waals surface area contributed by atoms with Crippen molar-refractivity contribution in [1.82, 2.24) is 5.32 Å². The number of nitrogens with one attached hydrogen (secondary N) is 1. The summed E-state index contributed by atoms with van der Waals surface area (Å²) in [5.41, 5.74) is 0.692. The average molecular weight is 261 g/mol. The second-order valence-electron chi connectivity index (χ2n) is 5.05. The first kappa shape index (κ1) is 15.4. The van der Waals surface area contributed by atoms with Crippen molar-refractivity contribution in [3.63, 3.8) is 0 Å². The van der Waals surface area contributed by atoms with Crippen LogP contribution < -0.4 is 5.32 Å². The van der Waals surface area contributed by atoms with Crippen LogP contribution in [0.15, 0.2) is 30.3 Å². The molecule has 3 heteroatoms. The van der Waals surface area contributed by atoms with Gasteiger partial charge in [0.2, 0.25) is 0 Å². The molecule has 1 N–H and O–H groups in total. The molecular weight excluding hydrogens is 238 g/mol. The van der Waals surface area contributed by atoms with E-state index in [9.17, 15) is 9.59 Å². The third-order valence-corrected chi connectivity index (χ3v) is 3.07. The van der Waals surface area contributed by atoms with Crippen LogP contribution in [0.5, 0.6) is 0 Å². The highest BCUT2D eigenvalue weighted by Gasteiger charge is 2.06. The molecule has 0 heterocycles. The zero-order valence-electron chi connectivity index (χ0n) is 11.8. The van der Waals surface area contributed by atoms with Crippen LogP contribution >= 0.6 is 0 Å². The number of hydrogen-bond acceptors (Lipinski definition) is 2. The summed E-state index contributed by atoms with van der Waals surface area (Å²) in [5.74, 6) is 0.435. The predicted octanol–water partition coefficient (Wildman–Crippen LogP) is 3.20. The smallest absolute Gasteiger partial charge is 0.251 e. The fourth-order valence-electron chi connectivity index (χ4n) is 1.78. The third-order valence-electron chi connectivity index (χ3n) is 3.07. The Kier molecular flexibility index (Phi) is 6.86. The van der Waals surface area contributed by atoms with Crippen LogP contribution in [0, 0.1) is 5.92 Å². The molecule has 3 nitrogen and oxygen atoms in total. The van der Waals surface area contributed by atoms with Gasteiger partial charge in [0, 0.05) is 24.4 Å². The standard InChI is InChI=1S/C16H23NO2/c1-13(2)15(18)11-7-4-8-12-17-16(19)14-9-5-3-6-10-14/h3,5-6,9-10,13H,4,7-8,11-12H2,1-2H3,(H,17,19). The lowest BCUT2D eigenvalue weighted by Crippen LogP contribution is -2.24. The average Bonchev–Trinajstić information content (AvgIpc) is 2.42. The van der Waals surface area contributed by atoms with Gasteiger partial charge in [0.05, 0.1) is 0 Å². The maximum absolute atomic E-state index is 11.7. The topological polar surface area (TPSA) is 46.2 Å². The van der Waals surface area contributed by atoms with Crippen molar-refractivity contribution in [2.75, 3.05) is 6.54 Å². The molecule has 0 bridgehead atoms. The van der Waals surface area contributed by atoms with E-state index in [0.717, 1.165) is 19.3 Å². The number of Topliss-reactive ketones (excluding diaryl/α,β-unsaturated/α-hetero) is 1. The largest absolute Gasteiger partial charge is 0.352 e. The highest BCUT2D eigenvalue weighted by molar-refractivity contribution is 5.94. The molecule has 0 fully saturated rings. The molecule has 0 spiro atoms. The van der Waals surface area contributed by atoms with Crippen LogP contribution in [-0.2, 0) is 4.79 Å². The summed E-state index contributed by atoms with van der Waals surface area (Å²) in [6.07, 6.45) is 3.47. The van der Waals surface area contributed by atoms with Crippen LogP contribution in [0.2, 0.25) is 0 Å². The molecule has 19 heavy (non-hydrogen) atoms. The van der Waals surface area contributed by atoms with Crippen molar-refractivity contribution in [2.45, 2.75) is 39.5 Å². The van der Waals surface area contributed by atoms with Crippen molar-refractivity contribution in [3.8, 4) is 0 Å². The second kappa shape index (κ2) is 8.46. The van der Waals surface area contributed by atoms with Crippen LogP contribution in [-0.4, -0.2) is 18.2 Å². The molecule has 0 saturated carbocycles. The zero-order valence-corrected chi connectivity index (χ0v) is 11.8. The minimum absolute atomic E-state index is 0.0288. The van der Waals surface area contributed by atoms with Crippen LogP contribution in [0.3, 0.4) is 0 Å². The van der Waals surface area contributed by atoms with Crippen LogP contribution in [0.25, 0.3) is 0 Å². The van der Waals surface area contributed by atoms with E-state index in [-0.39, 0.29) is 11.8 Å². The lowest BCUT2D eigenvalue weighted by molar-refractivity contribution is -0.122. The van der Waals surface area contributed by atoms with E-state index in [2.05, 4.69) is 5.32 Å². The van der Waals surface area contributed by atoms with Gasteiger partial charge in [0.1, 0.15) is 5.78 Å². The SMILES string of the molecule is CC(C)C(=O)CCCCCNC(=O)c1ccccc1. The second-order valence-corrected chi connectivity index (χ2v) is 5.05. The van der Waals surface area contributed by atoms with Gasteiger partial charge in [-0.1, -0.05) is 38.5 Å². The molecule has 1 amide bonds. The molecule has 1 aromatic carbocycles. The van der Waals surface area contributed by atoms with E-state index in [4.69, 9.17) is 0 Å². The van der Waals surface area contributed by atoms with Gasteiger partial charge < -0.3 is 5.32 Å². The number of ketones is 1. The summed E-state index contributed by atoms with van der Waals surface area (Å²) in [6.45, 7) is 4.54. The molecule has 0 saturated heterocycles. The van der Waals surface area contributed by atoms with Gasteiger partial charge >= 0.3 is 0 Å². The molecule has 0 atom stereocenters. The fraction of sp³-hybridized carbons (Fsp3) is 0.500.